The van der Waals surface area contributed by atoms with Crippen LogP contribution in [0.4, 0.5) is 0 Å². The highest BCUT2D eigenvalue weighted by molar-refractivity contribution is 7.99. The molecule has 0 radical (unpaired) electrons. The van der Waals surface area contributed by atoms with Gasteiger partial charge in [0, 0.05) is 23.4 Å². The SMILES string of the molecule is COc1ccccc1-n1cnnc1SCCn1c(C)csc1=O. The molecule has 0 spiro atoms. The first kappa shape index (κ1) is 15.8. The number of ether oxygens (including phenoxy) is 1. The first-order chi connectivity index (χ1) is 11.2. The van der Waals surface area contributed by atoms with Gasteiger partial charge in [0.15, 0.2) is 5.16 Å². The lowest BCUT2D eigenvalue weighted by molar-refractivity contribution is 0.412. The van der Waals surface area contributed by atoms with Crippen molar-refractivity contribution < 1.29 is 4.74 Å². The van der Waals surface area contributed by atoms with Crippen LogP contribution in [0.5, 0.6) is 5.75 Å². The Balaban J connectivity index is 1.76. The van der Waals surface area contributed by atoms with E-state index in [9.17, 15) is 4.79 Å². The minimum Gasteiger partial charge on any atom is -0.495 e. The van der Waals surface area contributed by atoms with Gasteiger partial charge in [-0.05, 0) is 19.1 Å². The second-order valence-corrected chi connectivity index (χ2v) is 6.68. The van der Waals surface area contributed by atoms with Gasteiger partial charge in [-0.1, -0.05) is 35.2 Å². The maximum Gasteiger partial charge on any atom is 0.307 e. The largest absolute Gasteiger partial charge is 0.495 e. The van der Waals surface area contributed by atoms with Crippen LogP contribution in [0.2, 0.25) is 0 Å². The molecule has 0 amide bonds. The van der Waals surface area contributed by atoms with Crippen LogP contribution in [0.25, 0.3) is 5.69 Å². The first-order valence-corrected chi connectivity index (χ1v) is 8.88. The molecular weight excluding hydrogens is 332 g/mol. The van der Waals surface area contributed by atoms with Crippen molar-refractivity contribution in [2.45, 2.75) is 18.6 Å². The van der Waals surface area contributed by atoms with Crippen molar-refractivity contribution in [3.8, 4) is 11.4 Å². The molecule has 0 unspecified atom stereocenters. The number of methoxy groups -OCH3 is 1. The normalized spacial score (nSPS) is 10.9. The van der Waals surface area contributed by atoms with Crippen LogP contribution in [0.3, 0.4) is 0 Å². The molecule has 8 heteroatoms. The Hall–Kier alpha value is -2.06. The maximum atomic E-state index is 11.7. The quantitative estimate of drug-likeness (QED) is 0.641. The molecular formula is C15H16N4O2S2. The summed E-state index contributed by atoms with van der Waals surface area (Å²) in [5.74, 6) is 1.50. The number of thioether (sulfide) groups is 1. The maximum absolute atomic E-state index is 11.7. The highest BCUT2D eigenvalue weighted by Gasteiger charge is 2.11. The third-order valence-corrected chi connectivity index (χ3v) is 5.19. The lowest BCUT2D eigenvalue weighted by Crippen LogP contribution is -2.16. The second-order valence-electron chi connectivity index (χ2n) is 4.80. The van der Waals surface area contributed by atoms with Gasteiger partial charge >= 0.3 is 4.87 Å². The van der Waals surface area contributed by atoms with Gasteiger partial charge in [0.05, 0.1) is 12.8 Å². The van der Waals surface area contributed by atoms with E-state index >= 15 is 0 Å². The summed E-state index contributed by atoms with van der Waals surface area (Å²) in [5, 5.41) is 10.8. The van der Waals surface area contributed by atoms with E-state index in [4.69, 9.17) is 4.74 Å². The van der Waals surface area contributed by atoms with E-state index in [2.05, 4.69) is 10.2 Å². The van der Waals surface area contributed by atoms with Crippen LogP contribution >= 0.6 is 23.1 Å². The molecule has 0 aliphatic carbocycles. The Labute approximate surface area is 141 Å². The first-order valence-electron chi connectivity index (χ1n) is 7.02. The smallest absolute Gasteiger partial charge is 0.307 e. The molecule has 1 aromatic carbocycles. The summed E-state index contributed by atoms with van der Waals surface area (Å²) >= 11 is 2.79. The lowest BCUT2D eigenvalue weighted by atomic mass is 10.3. The predicted molar refractivity (Wildman–Crippen MR) is 92.0 cm³/mol. The molecule has 120 valence electrons. The number of aromatic nitrogens is 4. The van der Waals surface area contributed by atoms with Crippen LogP contribution < -0.4 is 9.61 Å². The third kappa shape index (κ3) is 3.32. The van der Waals surface area contributed by atoms with E-state index in [0.717, 1.165) is 28.0 Å². The molecule has 2 aromatic heterocycles. The van der Waals surface area contributed by atoms with Gasteiger partial charge in [0.25, 0.3) is 0 Å². The summed E-state index contributed by atoms with van der Waals surface area (Å²) < 4.78 is 9.06. The van der Waals surface area contributed by atoms with Gasteiger partial charge in [-0.25, -0.2) is 0 Å². The molecule has 0 saturated carbocycles. The van der Waals surface area contributed by atoms with Crippen molar-refractivity contribution >= 4 is 23.1 Å². The average Bonchev–Trinajstić information content (AvgIpc) is 3.16. The highest BCUT2D eigenvalue weighted by Crippen LogP contribution is 2.26. The minimum absolute atomic E-state index is 0.0781. The number of para-hydroxylation sites is 2. The van der Waals surface area contributed by atoms with Gasteiger partial charge < -0.3 is 9.30 Å². The van der Waals surface area contributed by atoms with Crippen LogP contribution in [-0.4, -0.2) is 32.2 Å². The van der Waals surface area contributed by atoms with Gasteiger partial charge in [-0.3, -0.25) is 9.36 Å². The predicted octanol–water partition coefficient (Wildman–Crippen LogP) is 2.60. The summed E-state index contributed by atoms with van der Waals surface area (Å²) in [4.78, 5) is 11.8. The molecule has 23 heavy (non-hydrogen) atoms. The Kier molecular flexibility index (Phi) is 4.82. The molecule has 0 atom stereocenters. The van der Waals surface area contributed by atoms with Gasteiger partial charge in [0.2, 0.25) is 0 Å². The zero-order chi connectivity index (χ0) is 16.2. The molecule has 3 aromatic rings. The number of thiazole rings is 1. The molecule has 0 N–H and O–H groups in total. The summed E-state index contributed by atoms with van der Waals surface area (Å²) in [7, 11) is 1.64. The van der Waals surface area contributed by atoms with Crippen molar-refractivity contribution in [2.24, 2.45) is 0 Å². The Bertz CT molecular complexity index is 853. The Morgan fingerprint density at radius 3 is 2.91 bits per heavy atom. The fourth-order valence-corrected chi connectivity index (χ4v) is 3.83. The Morgan fingerprint density at radius 1 is 1.35 bits per heavy atom. The van der Waals surface area contributed by atoms with Crippen molar-refractivity contribution in [2.75, 3.05) is 12.9 Å². The van der Waals surface area contributed by atoms with Crippen LogP contribution in [0.15, 0.2) is 45.9 Å². The molecule has 0 fully saturated rings. The summed E-state index contributed by atoms with van der Waals surface area (Å²) in [6.07, 6.45) is 1.67. The van der Waals surface area contributed by atoms with Gasteiger partial charge in [-0.2, -0.15) is 0 Å². The van der Waals surface area contributed by atoms with E-state index in [1.54, 1.807) is 29.8 Å². The average molecular weight is 348 g/mol. The molecule has 0 bridgehead atoms. The number of benzene rings is 1. The van der Waals surface area contributed by atoms with E-state index in [-0.39, 0.29) is 4.87 Å². The zero-order valence-electron chi connectivity index (χ0n) is 12.8. The van der Waals surface area contributed by atoms with Crippen molar-refractivity contribution in [1.82, 2.24) is 19.3 Å². The fraction of sp³-hybridized carbons (Fsp3) is 0.267. The lowest BCUT2D eigenvalue weighted by Gasteiger charge is -2.10. The monoisotopic (exact) mass is 348 g/mol. The Morgan fingerprint density at radius 2 is 2.17 bits per heavy atom. The van der Waals surface area contributed by atoms with E-state index in [1.807, 2.05) is 41.1 Å². The van der Waals surface area contributed by atoms with E-state index < -0.39 is 0 Å². The van der Waals surface area contributed by atoms with Crippen LogP contribution in [0, 0.1) is 6.92 Å². The van der Waals surface area contributed by atoms with E-state index in [1.165, 1.54) is 11.3 Å². The zero-order valence-corrected chi connectivity index (χ0v) is 14.4. The number of hydrogen-bond donors (Lipinski definition) is 0. The number of aryl methyl sites for hydroxylation is 1. The van der Waals surface area contributed by atoms with Crippen LogP contribution in [0.1, 0.15) is 5.69 Å². The van der Waals surface area contributed by atoms with Crippen LogP contribution in [-0.2, 0) is 6.54 Å². The fourth-order valence-electron chi connectivity index (χ4n) is 2.22. The van der Waals surface area contributed by atoms with E-state index in [0.29, 0.717) is 6.54 Å². The molecule has 3 rings (SSSR count). The molecule has 2 heterocycles. The van der Waals surface area contributed by atoms with Gasteiger partial charge in [0.1, 0.15) is 12.1 Å². The van der Waals surface area contributed by atoms with Gasteiger partial charge in [-0.15, -0.1) is 10.2 Å². The summed E-state index contributed by atoms with van der Waals surface area (Å²) in [6.45, 7) is 2.59. The number of nitrogens with zero attached hydrogens (tertiary/aromatic N) is 4. The summed E-state index contributed by atoms with van der Waals surface area (Å²) in [6, 6.07) is 7.73. The van der Waals surface area contributed by atoms with Crippen molar-refractivity contribution in [3.05, 3.63) is 51.3 Å². The highest BCUT2D eigenvalue weighted by atomic mass is 32.2. The van der Waals surface area contributed by atoms with Crippen molar-refractivity contribution in [3.63, 3.8) is 0 Å². The second kappa shape index (κ2) is 7.01. The molecule has 0 aliphatic rings. The third-order valence-electron chi connectivity index (χ3n) is 3.38. The molecule has 0 saturated heterocycles. The topological polar surface area (TPSA) is 61.9 Å². The molecule has 0 aliphatic heterocycles. The number of hydrogen-bond acceptors (Lipinski definition) is 6. The van der Waals surface area contributed by atoms with Crippen molar-refractivity contribution in [1.29, 1.82) is 0 Å². The standard InChI is InChI=1S/C15H16N4O2S2/c1-11-9-23-15(20)18(11)7-8-22-14-17-16-10-19(14)12-5-3-4-6-13(12)21-2/h3-6,9-10H,7-8H2,1-2H3. The number of rotatable bonds is 6. The summed E-state index contributed by atoms with van der Waals surface area (Å²) in [5.41, 5.74) is 1.89. The minimum atomic E-state index is 0.0781. The molecule has 6 nitrogen and oxygen atoms in total.